The first-order valence-corrected chi connectivity index (χ1v) is 10.2. The van der Waals surface area contributed by atoms with Gasteiger partial charge in [-0.05, 0) is 61.4 Å². The van der Waals surface area contributed by atoms with E-state index in [0.717, 1.165) is 11.1 Å². The number of anilines is 1. The Bertz CT molecular complexity index is 1060. The van der Waals surface area contributed by atoms with E-state index in [9.17, 15) is 9.00 Å². The van der Waals surface area contributed by atoms with Crippen molar-refractivity contribution >= 4 is 34.6 Å². The van der Waals surface area contributed by atoms with Crippen molar-refractivity contribution in [3.63, 3.8) is 0 Å². The second-order valence-electron chi connectivity index (χ2n) is 6.39. The fourth-order valence-corrected chi connectivity index (χ4v) is 3.47. The molecule has 1 amide bonds. The number of carbonyl (C=O) groups is 1. The van der Waals surface area contributed by atoms with Gasteiger partial charge in [-0.2, -0.15) is 4.21 Å². The smallest absolute Gasteiger partial charge is 0.302 e. The van der Waals surface area contributed by atoms with Gasteiger partial charge < -0.3 is 5.32 Å². The van der Waals surface area contributed by atoms with E-state index in [1.807, 2.05) is 18.2 Å². The molecule has 2 unspecified atom stereocenters. The number of hydrogen-bond donors (Lipinski definition) is 2. The van der Waals surface area contributed by atoms with Gasteiger partial charge in [0.25, 0.3) is 5.91 Å². The van der Waals surface area contributed by atoms with E-state index in [1.165, 1.54) is 0 Å². The zero-order chi connectivity index (χ0) is 21.0. The molecule has 0 aliphatic heterocycles. The summed E-state index contributed by atoms with van der Waals surface area (Å²) in [4.78, 5) is 17.0. The number of carbonyl (C=O) groups excluding carboxylic acids is 1. The van der Waals surface area contributed by atoms with Crippen molar-refractivity contribution in [2.24, 2.45) is 0 Å². The minimum atomic E-state index is -2.36. The first-order chi connectivity index (χ1) is 13.8. The van der Waals surface area contributed by atoms with Crippen LogP contribution >= 0.6 is 11.6 Å². The van der Waals surface area contributed by atoms with Gasteiger partial charge in [0.15, 0.2) is 0 Å². The Kier molecular flexibility index (Phi) is 6.76. The van der Waals surface area contributed by atoms with Crippen LogP contribution in [0.5, 0.6) is 0 Å². The highest BCUT2D eigenvalue weighted by Gasteiger charge is 2.15. The van der Waals surface area contributed by atoms with Gasteiger partial charge in [-0.15, -0.1) is 0 Å². The lowest BCUT2D eigenvalue weighted by Crippen LogP contribution is -2.14. The Labute approximate surface area is 176 Å². The van der Waals surface area contributed by atoms with Crippen LogP contribution in [0, 0.1) is 6.92 Å². The molecule has 0 bridgehead atoms. The zero-order valence-corrected chi connectivity index (χ0v) is 17.3. The van der Waals surface area contributed by atoms with E-state index in [2.05, 4.69) is 10.3 Å². The Morgan fingerprint density at radius 2 is 2.00 bits per heavy atom. The molecular formula is C21H19ClN2O4S. The molecule has 2 atom stereocenters. The third kappa shape index (κ3) is 5.27. The normalized spacial score (nSPS) is 13.0. The molecule has 6 nitrogen and oxygen atoms in total. The summed E-state index contributed by atoms with van der Waals surface area (Å²) >= 11 is 3.93. The second-order valence-corrected chi connectivity index (χ2v) is 7.43. The minimum Gasteiger partial charge on any atom is -0.322 e. The molecule has 1 aromatic heterocycles. The van der Waals surface area contributed by atoms with Gasteiger partial charge in [-0.25, -0.2) is 0 Å². The predicted molar refractivity (Wildman–Crippen MR) is 114 cm³/mol. The van der Waals surface area contributed by atoms with Gasteiger partial charge in [-0.1, -0.05) is 29.8 Å². The molecule has 0 spiro atoms. The van der Waals surface area contributed by atoms with E-state index >= 15 is 0 Å². The Morgan fingerprint density at radius 3 is 2.66 bits per heavy atom. The molecule has 3 aromatic rings. The van der Waals surface area contributed by atoms with Crippen LogP contribution in [0.1, 0.15) is 34.5 Å². The number of rotatable bonds is 6. The molecule has 3 rings (SSSR count). The molecule has 0 aliphatic carbocycles. The van der Waals surface area contributed by atoms with Crippen LogP contribution in [0.3, 0.4) is 0 Å². The van der Waals surface area contributed by atoms with Gasteiger partial charge >= 0.3 is 11.4 Å². The van der Waals surface area contributed by atoms with Crippen molar-refractivity contribution in [2.75, 3.05) is 5.32 Å². The minimum absolute atomic E-state index is 0.275. The van der Waals surface area contributed by atoms with E-state index in [4.69, 9.17) is 20.3 Å². The molecule has 1 heterocycles. The van der Waals surface area contributed by atoms with Crippen molar-refractivity contribution in [2.45, 2.75) is 20.0 Å². The molecule has 0 aliphatic rings. The Hall–Kier alpha value is -2.58. The van der Waals surface area contributed by atoms with Crippen molar-refractivity contribution in [3.05, 3.63) is 82.5 Å². The fraction of sp³-hybridized carbons (Fsp3) is 0.143. The lowest BCUT2D eigenvalue weighted by Gasteiger charge is -2.14. The van der Waals surface area contributed by atoms with Crippen molar-refractivity contribution < 1.29 is 17.7 Å². The average Bonchev–Trinajstić information content (AvgIpc) is 2.69. The molecule has 2 N–H and O–H groups in total. The standard InChI is InChI=1S/C21H19ClN2O4S/c1-13-11-15(14(2)28-29(26)27)6-8-17(13)21(25)24-16-7-9-19(22)18(12-16)20-5-3-4-10-23-20/h3-12,14H,1-2H3,(H,24,25)(H,26,27). The van der Waals surface area contributed by atoms with E-state index in [-0.39, 0.29) is 5.91 Å². The predicted octanol–water partition coefficient (Wildman–Crippen LogP) is 5.18. The zero-order valence-electron chi connectivity index (χ0n) is 15.8. The van der Waals surface area contributed by atoms with E-state index < -0.39 is 17.5 Å². The van der Waals surface area contributed by atoms with Crippen LogP contribution in [0.15, 0.2) is 60.8 Å². The SMILES string of the molecule is Cc1cc(C(C)OS(=O)O)ccc1C(=O)Nc1ccc(Cl)c(-c2ccccn2)c1. The van der Waals surface area contributed by atoms with Crippen LogP contribution in [0.25, 0.3) is 11.3 Å². The van der Waals surface area contributed by atoms with Crippen molar-refractivity contribution in [3.8, 4) is 11.3 Å². The number of aromatic nitrogens is 1. The summed E-state index contributed by atoms with van der Waals surface area (Å²) in [6, 6.07) is 15.9. The molecule has 8 heteroatoms. The number of amides is 1. The topological polar surface area (TPSA) is 88.5 Å². The summed E-state index contributed by atoms with van der Waals surface area (Å²) in [5.74, 6) is -0.275. The monoisotopic (exact) mass is 430 g/mol. The van der Waals surface area contributed by atoms with Crippen LogP contribution < -0.4 is 5.32 Å². The fourth-order valence-electron chi connectivity index (χ4n) is 2.89. The highest BCUT2D eigenvalue weighted by Crippen LogP contribution is 2.29. The van der Waals surface area contributed by atoms with Gasteiger partial charge in [0, 0.05) is 23.0 Å². The number of hydrogen-bond acceptors (Lipinski definition) is 4. The number of nitrogens with zero attached hydrogens (tertiary/aromatic N) is 1. The number of pyridine rings is 1. The maximum absolute atomic E-state index is 12.7. The third-order valence-corrected chi connectivity index (χ3v) is 5.14. The highest BCUT2D eigenvalue weighted by molar-refractivity contribution is 7.74. The summed E-state index contributed by atoms with van der Waals surface area (Å²) in [6.07, 6.45) is 1.10. The largest absolute Gasteiger partial charge is 0.322 e. The van der Waals surface area contributed by atoms with Gasteiger partial charge in [-0.3, -0.25) is 18.5 Å². The van der Waals surface area contributed by atoms with E-state index in [0.29, 0.717) is 27.5 Å². The maximum atomic E-state index is 12.7. The summed E-state index contributed by atoms with van der Waals surface area (Å²) in [6.45, 7) is 3.46. The number of aryl methyl sites for hydroxylation is 1. The summed E-state index contributed by atoms with van der Waals surface area (Å²) in [5, 5.41) is 3.41. The number of halogens is 1. The molecule has 0 radical (unpaired) electrons. The maximum Gasteiger partial charge on any atom is 0.302 e. The molecule has 150 valence electrons. The summed E-state index contributed by atoms with van der Waals surface area (Å²) in [7, 11) is 0. The highest BCUT2D eigenvalue weighted by atomic mass is 35.5. The molecule has 0 saturated carbocycles. The van der Waals surface area contributed by atoms with Crippen LogP contribution in [-0.2, 0) is 15.5 Å². The van der Waals surface area contributed by atoms with Crippen LogP contribution in [-0.4, -0.2) is 19.7 Å². The Balaban J connectivity index is 1.81. The van der Waals surface area contributed by atoms with E-state index in [1.54, 1.807) is 56.4 Å². The lowest BCUT2D eigenvalue weighted by molar-refractivity contribution is 0.102. The van der Waals surface area contributed by atoms with Gasteiger partial charge in [0.1, 0.15) is 0 Å². The quantitative estimate of drug-likeness (QED) is 0.526. The number of nitrogens with one attached hydrogen (secondary N) is 1. The second kappa shape index (κ2) is 9.28. The molecule has 29 heavy (non-hydrogen) atoms. The lowest BCUT2D eigenvalue weighted by atomic mass is 10.0. The van der Waals surface area contributed by atoms with Crippen LogP contribution in [0.4, 0.5) is 5.69 Å². The summed E-state index contributed by atoms with van der Waals surface area (Å²) < 4.78 is 24.5. The van der Waals surface area contributed by atoms with Crippen molar-refractivity contribution in [1.82, 2.24) is 4.98 Å². The van der Waals surface area contributed by atoms with Crippen molar-refractivity contribution in [1.29, 1.82) is 0 Å². The first kappa shape index (κ1) is 21.1. The molecular weight excluding hydrogens is 412 g/mol. The summed E-state index contributed by atoms with van der Waals surface area (Å²) in [5.41, 5.74) is 3.93. The molecule has 0 fully saturated rings. The molecule has 0 saturated heterocycles. The third-order valence-electron chi connectivity index (χ3n) is 4.36. The Morgan fingerprint density at radius 1 is 1.21 bits per heavy atom. The first-order valence-electron chi connectivity index (χ1n) is 8.76. The van der Waals surface area contributed by atoms with Gasteiger partial charge in [0.05, 0.1) is 16.8 Å². The molecule has 2 aromatic carbocycles. The van der Waals surface area contributed by atoms with Crippen LogP contribution in [0.2, 0.25) is 5.02 Å². The van der Waals surface area contributed by atoms with Gasteiger partial charge in [0.2, 0.25) is 0 Å². The average molecular weight is 431 g/mol. The number of benzene rings is 2.